The zero-order valence-electron chi connectivity index (χ0n) is 12.9. The van der Waals surface area contributed by atoms with Crippen molar-refractivity contribution in [3.05, 3.63) is 11.1 Å². The molecule has 2 N–H and O–H groups in total. The SMILES string of the molecule is Nc1nc(CCC(=O)N2CC[C@@]34OCCCN3C(=O)C[C@@H]24)cs1. The third-order valence-corrected chi connectivity index (χ3v) is 5.82. The standard InChI is InChI=1S/C15H20N4O3S/c16-14-17-10(9-23-14)2-3-12(20)18-6-4-15-11(18)8-13(21)19(15)5-1-7-22-15/h9,11H,1-8H2,(H2,16,17)/t11-,15+/m1/s1. The highest BCUT2D eigenvalue weighted by Crippen LogP contribution is 2.45. The molecule has 0 bridgehead atoms. The average molecular weight is 336 g/mol. The van der Waals surface area contributed by atoms with Crippen LogP contribution in [0.5, 0.6) is 0 Å². The molecule has 23 heavy (non-hydrogen) atoms. The number of nitrogen functional groups attached to an aromatic ring is 1. The van der Waals surface area contributed by atoms with E-state index in [9.17, 15) is 9.59 Å². The monoisotopic (exact) mass is 336 g/mol. The molecule has 4 heterocycles. The van der Waals surface area contributed by atoms with Gasteiger partial charge in [0.2, 0.25) is 11.8 Å². The number of aromatic nitrogens is 1. The Bertz CT molecular complexity index is 648. The molecule has 1 spiro atoms. The van der Waals surface area contributed by atoms with Crippen LogP contribution in [0.25, 0.3) is 0 Å². The van der Waals surface area contributed by atoms with E-state index in [1.807, 2.05) is 15.2 Å². The summed E-state index contributed by atoms with van der Waals surface area (Å²) in [4.78, 5) is 32.8. The molecule has 1 aromatic heterocycles. The number of likely N-dealkylation sites (tertiary alicyclic amines) is 1. The van der Waals surface area contributed by atoms with Crippen molar-refractivity contribution in [2.45, 2.75) is 43.9 Å². The van der Waals surface area contributed by atoms with E-state index >= 15 is 0 Å². The Labute approximate surface area is 138 Å². The topological polar surface area (TPSA) is 88.8 Å². The summed E-state index contributed by atoms with van der Waals surface area (Å²) in [5, 5.41) is 2.42. The highest BCUT2D eigenvalue weighted by Gasteiger charge is 2.61. The van der Waals surface area contributed by atoms with Crippen molar-refractivity contribution in [3.8, 4) is 0 Å². The van der Waals surface area contributed by atoms with Gasteiger partial charge in [-0.3, -0.25) is 9.59 Å². The molecule has 3 aliphatic heterocycles. The number of rotatable bonds is 3. The summed E-state index contributed by atoms with van der Waals surface area (Å²) in [6, 6.07) is -0.136. The molecule has 0 aliphatic carbocycles. The number of nitrogens with zero attached hydrogens (tertiary/aromatic N) is 3. The second-order valence-electron chi connectivity index (χ2n) is 6.33. The van der Waals surface area contributed by atoms with E-state index in [0.29, 0.717) is 37.5 Å². The predicted molar refractivity (Wildman–Crippen MR) is 84.6 cm³/mol. The second-order valence-corrected chi connectivity index (χ2v) is 7.22. The van der Waals surface area contributed by atoms with Crippen LogP contribution in [-0.4, -0.2) is 58.1 Å². The van der Waals surface area contributed by atoms with Crippen LogP contribution in [0.3, 0.4) is 0 Å². The molecule has 2 amide bonds. The highest BCUT2D eigenvalue weighted by atomic mass is 32.1. The minimum Gasteiger partial charge on any atom is -0.375 e. The number of carbonyl (C=O) groups excluding carboxylic acids is 2. The summed E-state index contributed by atoms with van der Waals surface area (Å²) < 4.78 is 6.01. The first-order chi connectivity index (χ1) is 11.1. The van der Waals surface area contributed by atoms with Crippen molar-refractivity contribution >= 4 is 28.3 Å². The quantitative estimate of drug-likeness (QED) is 0.873. The molecule has 8 heteroatoms. The summed E-state index contributed by atoms with van der Waals surface area (Å²) >= 11 is 1.39. The number of anilines is 1. The Morgan fingerprint density at radius 2 is 2.39 bits per heavy atom. The molecule has 0 unspecified atom stereocenters. The predicted octanol–water partition coefficient (Wildman–Crippen LogP) is 0.608. The lowest BCUT2D eigenvalue weighted by Crippen LogP contribution is -2.56. The van der Waals surface area contributed by atoms with Crippen molar-refractivity contribution in [1.29, 1.82) is 0 Å². The van der Waals surface area contributed by atoms with Crippen LogP contribution in [0.2, 0.25) is 0 Å². The Hall–Kier alpha value is -1.67. The van der Waals surface area contributed by atoms with Gasteiger partial charge in [-0.25, -0.2) is 4.98 Å². The summed E-state index contributed by atoms with van der Waals surface area (Å²) in [6.45, 7) is 2.07. The maximum absolute atomic E-state index is 12.6. The van der Waals surface area contributed by atoms with Gasteiger partial charge in [-0.15, -0.1) is 11.3 Å². The zero-order chi connectivity index (χ0) is 16.0. The van der Waals surface area contributed by atoms with Crippen LogP contribution < -0.4 is 5.73 Å². The normalized spacial score (nSPS) is 29.7. The maximum Gasteiger partial charge on any atom is 0.227 e. The van der Waals surface area contributed by atoms with Crippen molar-refractivity contribution in [1.82, 2.24) is 14.8 Å². The van der Waals surface area contributed by atoms with Crippen LogP contribution >= 0.6 is 11.3 Å². The van der Waals surface area contributed by atoms with Crippen molar-refractivity contribution in [2.24, 2.45) is 0 Å². The summed E-state index contributed by atoms with van der Waals surface area (Å²) in [7, 11) is 0. The third kappa shape index (κ3) is 2.31. The van der Waals surface area contributed by atoms with E-state index in [4.69, 9.17) is 10.5 Å². The fourth-order valence-corrected chi connectivity index (χ4v) is 4.66. The van der Waals surface area contributed by atoms with Gasteiger partial charge in [-0.2, -0.15) is 0 Å². The van der Waals surface area contributed by atoms with E-state index in [1.54, 1.807) is 0 Å². The molecule has 0 radical (unpaired) electrons. The molecule has 0 aromatic carbocycles. The molecule has 2 atom stereocenters. The number of amides is 2. The zero-order valence-corrected chi connectivity index (χ0v) is 13.7. The Morgan fingerprint density at radius 1 is 1.52 bits per heavy atom. The van der Waals surface area contributed by atoms with Gasteiger partial charge in [0.15, 0.2) is 10.9 Å². The first kappa shape index (κ1) is 14.9. The summed E-state index contributed by atoms with van der Waals surface area (Å²) in [6.07, 6.45) is 2.96. The maximum atomic E-state index is 12.6. The summed E-state index contributed by atoms with van der Waals surface area (Å²) in [5.74, 6) is 0.182. The Morgan fingerprint density at radius 3 is 3.17 bits per heavy atom. The number of ether oxygens (including phenoxy) is 1. The van der Waals surface area contributed by atoms with Crippen LogP contribution in [0.4, 0.5) is 5.13 Å². The molecule has 3 aliphatic rings. The lowest BCUT2D eigenvalue weighted by atomic mass is 10.0. The van der Waals surface area contributed by atoms with Crippen LogP contribution in [0.15, 0.2) is 5.38 Å². The van der Waals surface area contributed by atoms with E-state index < -0.39 is 5.72 Å². The van der Waals surface area contributed by atoms with Crippen molar-refractivity contribution < 1.29 is 14.3 Å². The van der Waals surface area contributed by atoms with E-state index in [0.717, 1.165) is 25.1 Å². The van der Waals surface area contributed by atoms with Gasteiger partial charge in [0, 0.05) is 31.3 Å². The third-order valence-electron chi connectivity index (χ3n) is 5.10. The molecule has 1 aromatic rings. The molecule has 124 valence electrons. The van der Waals surface area contributed by atoms with Crippen molar-refractivity contribution in [2.75, 3.05) is 25.4 Å². The van der Waals surface area contributed by atoms with Gasteiger partial charge in [-0.05, 0) is 12.8 Å². The molecule has 3 saturated heterocycles. The minimum absolute atomic E-state index is 0.0715. The summed E-state index contributed by atoms with van der Waals surface area (Å²) in [5.41, 5.74) is 5.91. The highest BCUT2D eigenvalue weighted by molar-refractivity contribution is 7.13. The van der Waals surface area contributed by atoms with Gasteiger partial charge in [0.25, 0.3) is 0 Å². The van der Waals surface area contributed by atoms with Crippen molar-refractivity contribution in [3.63, 3.8) is 0 Å². The fourth-order valence-electron chi connectivity index (χ4n) is 4.06. The van der Waals surface area contributed by atoms with E-state index in [1.165, 1.54) is 11.3 Å². The minimum atomic E-state index is -0.559. The molecule has 7 nitrogen and oxygen atoms in total. The van der Waals surface area contributed by atoms with Gasteiger partial charge < -0.3 is 20.3 Å². The largest absolute Gasteiger partial charge is 0.375 e. The van der Waals surface area contributed by atoms with Gasteiger partial charge in [-0.1, -0.05) is 0 Å². The molecular weight excluding hydrogens is 316 g/mol. The van der Waals surface area contributed by atoms with E-state index in [-0.39, 0.29) is 17.9 Å². The van der Waals surface area contributed by atoms with E-state index in [2.05, 4.69) is 4.98 Å². The first-order valence-electron chi connectivity index (χ1n) is 8.04. The average Bonchev–Trinajstić information content (AvgIpc) is 3.18. The Balaban J connectivity index is 1.46. The van der Waals surface area contributed by atoms with Crippen LogP contribution in [0.1, 0.15) is 31.4 Å². The van der Waals surface area contributed by atoms with Gasteiger partial charge >= 0.3 is 0 Å². The molecule has 0 saturated carbocycles. The fraction of sp³-hybridized carbons (Fsp3) is 0.667. The molecular formula is C15H20N4O3S. The number of hydrogen-bond acceptors (Lipinski definition) is 6. The van der Waals surface area contributed by atoms with Crippen LogP contribution in [0, 0.1) is 0 Å². The number of nitrogens with two attached hydrogens (primary N) is 1. The van der Waals surface area contributed by atoms with Crippen LogP contribution in [-0.2, 0) is 20.7 Å². The number of carbonyl (C=O) groups is 2. The molecule has 4 rings (SSSR count). The lowest BCUT2D eigenvalue weighted by Gasteiger charge is -2.42. The number of thiazole rings is 1. The first-order valence-corrected chi connectivity index (χ1v) is 8.92. The Kier molecular flexibility index (Phi) is 3.53. The van der Waals surface area contributed by atoms with Gasteiger partial charge in [0.1, 0.15) is 0 Å². The molecule has 3 fully saturated rings. The smallest absolute Gasteiger partial charge is 0.227 e. The number of hydrogen-bond donors (Lipinski definition) is 1. The lowest BCUT2D eigenvalue weighted by molar-refractivity contribution is -0.181. The number of aryl methyl sites for hydroxylation is 1. The van der Waals surface area contributed by atoms with Gasteiger partial charge in [0.05, 0.1) is 24.8 Å². The second kappa shape index (κ2) is 5.45.